The van der Waals surface area contributed by atoms with Crippen LogP contribution < -0.4 is 5.32 Å². The smallest absolute Gasteiger partial charge is 0.407 e. The first-order valence-corrected chi connectivity index (χ1v) is 6.83. The Kier molecular flexibility index (Phi) is 5.48. The molecule has 0 unspecified atom stereocenters. The number of ether oxygens (including phenoxy) is 1. The molecule has 6 nitrogen and oxygen atoms in total. The second-order valence-electron chi connectivity index (χ2n) is 4.66. The van der Waals surface area contributed by atoms with E-state index in [0.717, 1.165) is 12.0 Å². The standard InChI is InChI=1S/C16H16N2O4/c19-16(17-11-10-13-4-2-1-3-5-13)22-12-14-6-8-15(9-7-14)18(20)21/h1-9H,10-12H2,(H,17,19). The van der Waals surface area contributed by atoms with Gasteiger partial charge in [0.2, 0.25) is 0 Å². The van der Waals surface area contributed by atoms with Crippen molar-refractivity contribution in [1.29, 1.82) is 0 Å². The molecule has 2 aromatic rings. The van der Waals surface area contributed by atoms with Gasteiger partial charge in [0.15, 0.2) is 0 Å². The number of hydrogen-bond acceptors (Lipinski definition) is 4. The summed E-state index contributed by atoms with van der Waals surface area (Å²) in [6.07, 6.45) is 0.224. The molecule has 0 aliphatic heterocycles. The minimum atomic E-state index is -0.505. The predicted molar refractivity (Wildman–Crippen MR) is 81.4 cm³/mol. The van der Waals surface area contributed by atoms with Crippen LogP contribution in [0.25, 0.3) is 0 Å². The first-order valence-electron chi connectivity index (χ1n) is 6.83. The summed E-state index contributed by atoms with van der Waals surface area (Å²) in [6, 6.07) is 15.7. The molecule has 0 heterocycles. The molecule has 114 valence electrons. The van der Waals surface area contributed by atoms with Crippen LogP contribution in [0.3, 0.4) is 0 Å². The maximum atomic E-state index is 11.5. The number of benzene rings is 2. The molecule has 1 amide bonds. The van der Waals surface area contributed by atoms with Gasteiger partial charge in [-0.1, -0.05) is 30.3 Å². The maximum absolute atomic E-state index is 11.5. The van der Waals surface area contributed by atoms with E-state index in [4.69, 9.17) is 4.74 Å². The molecule has 6 heteroatoms. The Hall–Kier alpha value is -2.89. The van der Waals surface area contributed by atoms with E-state index >= 15 is 0 Å². The molecule has 0 aliphatic rings. The number of hydrogen-bond donors (Lipinski definition) is 1. The number of rotatable bonds is 6. The molecule has 0 radical (unpaired) electrons. The van der Waals surface area contributed by atoms with Gasteiger partial charge in [-0.2, -0.15) is 0 Å². The second kappa shape index (κ2) is 7.78. The van der Waals surface area contributed by atoms with Crippen molar-refractivity contribution in [2.75, 3.05) is 6.54 Å². The van der Waals surface area contributed by atoms with Crippen molar-refractivity contribution in [3.8, 4) is 0 Å². The number of carbonyl (C=O) groups excluding carboxylic acids is 1. The van der Waals surface area contributed by atoms with E-state index in [1.165, 1.54) is 12.1 Å². The second-order valence-corrected chi connectivity index (χ2v) is 4.66. The summed E-state index contributed by atoms with van der Waals surface area (Å²) < 4.78 is 5.05. The third kappa shape index (κ3) is 4.90. The Bertz CT molecular complexity index is 626. The summed E-state index contributed by atoms with van der Waals surface area (Å²) in [5.41, 5.74) is 1.85. The van der Waals surface area contributed by atoms with Crippen LogP contribution >= 0.6 is 0 Å². The van der Waals surface area contributed by atoms with E-state index in [9.17, 15) is 14.9 Å². The molecule has 0 saturated carbocycles. The number of nitro groups is 1. The van der Waals surface area contributed by atoms with Crippen molar-refractivity contribution in [3.05, 3.63) is 75.8 Å². The highest BCUT2D eigenvalue weighted by molar-refractivity contribution is 5.67. The highest BCUT2D eigenvalue weighted by Crippen LogP contribution is 2.12. The molecule has 0 bridgehead atoms. The zero-order valence-corrected chi connectivity index (χ0v) is 11.9. The minimum Gasteiger partial charge on any atom is -0.445 e. The average Bonchev–Trinajstić information content (AvgIpc) is 2.54. The zero-order chi connectivity index (χ0) is 15.8. The first-order chi connectivity index (χ1) is 10.6. The summed E-state index contributed by atoms with van der Waals surface area (Å²) in [5.74, 6) is 0. The van der Waals surface area contributed by atoms with Gasteiger partial charge in [0, 0.05) is 18.7 Å². The molecule has 0 spiro atoms. The fraction of sp³-hybridized carbons (Fsp3) is 0.188. The number of nitrogens with zero attached hydrogens (tertiary/aromatic N) is 1. The van der Waals surface area contributed by atoms with E-state index in [1.54, 1.807) is 12.1 Å². The molecule has 1 N–H and O–H groups in total. The number of amides is 1. The van der Waals surface area contributed by atoms with Crippen molar-refractivity contribution < 1.29 is 14.5 Å². The van der Waals surface area contributed by atoms with Gasteiger partial charge in [-0.15, -0.1) is 0 Å². The van der Waals surface area contributed by atoms with E-state index < -0.39 is 11.0 Å². The van der Waals surface area contributed by atoms with Crippen molar-refractivity contribution in [2.45, 2.75) is 13.0 Å². The van der Waals surface area contributed by atoms with E-state index in [-0.39, 0.29) is 12.3 Å². The lowest BCUT2D eigenvalue weighted by atomic mass is 10.1. The number of non-ortho nitro benzene ring substituents is 1. The molecule has 0 aliphatic carbocycles. The van der Waals surface area contributed by atoms with Crippen LogP contribution in [0.1, 0.15) is 11.1 Å². The quantitative estimate of drug-likeness (QED) is 0.656. The third-order valence-electron chi connectivity index (χ3n) is 3.04. The van der Waals surface area contributed by atoms with Gasteiger partial charge in [-0.3, -0.25) is 10.1 Å². The van der Waals surface area contributed by atoms with Crippen molar-refractivity contribution in [1.82, 2.24) is 5.32 Å². The van der Waals surface area contributed by atoms with Crippen LogP contribution in [-0.2, 0) is 17.8 Å². The van der Waals surface area contributed by atoms with Crippen molar-refractivity contribution in [2.24, 2.45) is 0 Å². The van der Waals surface area contributed by atoms with Crippen LogP contribution in [0.2, 0.25) is 0 Å². The van der Waals surface area contributed by atoms with Crippen LogP contribution in [0.5, 0.6) is 0 Å². The van der Waals surface area contributed by atoms with Gasteiger partial charge in [0.1, 0.15) is 6.61 Å². The van der Waals surface area contributed by atoms with E-state index in [2.05, 4.69) is 5.32 Å². The summed E-state index contributed by atoms with van der Waals surface area (Å²) >= 11 is 0. The molecule has 0 aromatic heterocycles. The van der Waals surface area contributed by atoms with Crippen LogP contribution in [0, 0.1) is 10.1 Å². The molecule has 0 atom stereocenters. The Labute approximate surface area is 127 Å². The highest BCUT2D eigenvalue weighted by Gasteiger charge is 2.06. The van der Waals surface area contributed by atoms with Crippen LogP contribution in [0.15, 0.2) is 54.6 Å². The number of nitro benzene ring substituents is 1. The predicted octanol–water partition coefficient (Wildman–Crippen LogP) is 3.06. The van der Waals surface area contributed by atoms with Gasteiger partial charge < -0.3 is 10.1 Å². The van der Waals surface area contributed by atoms with Crippen molar-refractivity contribution >= 4 is 11.8 Å². The largest absolute Gasteiger partial charge is 0.445 e. The molecule has 2 rings (SSSR count). The Morgan fingerprint density at radius 3 is 2.36 bits per heavy atom. The Balaban J connectivity index is 1.70. The first kappa shape index (κ1) is 15.5. The average molecular weight is 300 g/mol. The summed E-state index contributed by atoms with van der Waals surface area (Å²) in [7, 11) is 0. The summed E-state index contributed by atoms with van der Waals surface area (Å²) in [6.45, 7) is 0.568. The topological polar surface area (TPSA) is 81.5 Å². The lowest BCUT2D eigenvalue weighted by Gasteiger charge is -2.07. The number of nitrogens with one attached hydrogen (secondary N) is 1. The van der Waals surface area contributed by atoms with Gasteiger partial charge in [-0.05, 0) is 29.7 Å². The minimum absolute atomic E-state index is 0.0102. The molecule has 2 aromatic carbocycles. The maximum Gasteiger partial charge on any atom is 0.407 e. The van der Waals surface area contributed by atoms with Crippen LogP contribution in [0.4, 0.5) is 10.5 Å². The summed E-state index contributed by atoms with van der Waals surface area (Å²) in [5, 5.41) is 13.2. The fourth-order valence-electron chi connectivity index (χ4n) is 1.87. The van der Waals surface area contributed by atoms with E-state index in [0.29, 0.717) is 12.1 Å². The van der Waals surface area contributed by atoms with Gasteiger partial charge in [0.05, 0.1) is 4.92 Å². The monoisotopic (exact) mass is 300 g/mol. The van der Waals surface area contributed by atoms with Gasteiger partial charge in [-0.25, -0.2) is 4.79 Å². The van der Waals surface area contributed by atoms with Crippen molar-refractivity contribution in [3.63, 3.8) is 0 Å². The summed E-state index contributed by atoms with van der Waals surface area (Å²) in [4.78, 5) is 21.6. The molecular weight excluding hydrogens is 284 g/mol. The number of alkyl carbamates (subject to hydrolysis) is 1. The molecule has 22 heavy (non-hydrogen) atoms. The fourth-order valence-corrected chi connectivity index (χ4v) is 1.87. The van der Waals surface area contributed by atoms with Crippen LogP contribution in [-0.4, -0.2) is 17.6 Å². The third-order valence-corrected chi connectivity index (χ3v) is 3.04. The Morgan fingerprint density at radius 1 is 1.05 bits per heavy atom. The molecule has 0 fully saturated rings. The molecule has 0 saturated heterocycles. The van der Waals surface area contributed by atoms with E-state index in [1.807, 2.05) is 30.3 Å². The normalized spacial score (nSPS) is 10.0. The Morgan fingerprint density at radius 2 is 1.73 bits per heavy atom. The highest BCUT2D eigenvalue weighted by atomic mass is 16.6. The SMILES string of the molecule is O=C(NCCc1ccccc1)OCc1ccc([N+](=O)[O-])cc1. The molecular formula is C16H16N2O4. The zero-order valence-electron chi connectivity index (χ0n) is 11.9. The van der Waals surface area contributed by atoms with Gasteiger partial charge in [0.25, 0.3) is 5.69 Å². The lowest BCUT2D eigenvalue weighted by Crippen LogP contribution is -2.26. The number of carbonyl (C=O) groups is 1. The lowest BCUT2D eigenvalue weighted by molar-refractivity contribution is -0.384. The van der Waals surface area contributed by atoms with Gasteiger partial charge >= 0.3 is 6.09 Å².